The predicted octanol–water partition coefficient (Wildman–Crippen LogP) is 2.97. The molecule has 1 heterocycles. The van der Waals surface area contributed by atoms with E-state index < -0.39 is 0 Å². The first-order valence-corrected chi connectivity index (χ1v) is 4.53. The molecule has 0 nitrogen and oxygen atoms in total. The van der Waals surface area contributed by atoms with Crippen molar-refractivity contribution in [2.24, 2.45) is 0 Å². The maximum absolute atomic E-state index is 5.42. The molecule has 0 saturated carbocycles. The molecule has 0 aliphatic heterocycles. The lowest BCUT2D eigenvalue weighted by Gasteiger charge is -2.16. The van der Waals surface area contributed by atoms with Gasteiger partial charge in [0.25, 0.3) is 0 Å². The molecule has 0 atom stereocenters. The fourth-order valence-electron chi connectivity index (χ4n) is 1.08. The average molecular weight is 164 g/mol. The van der Waals surface area contributed by atoms with E-state index in [-0.39, 0.29) is 5.41 Å². The second kappa shape index (κ2) is 2.71. The summed E-state index contributed by atoms with van der Waals surface area (Å²) in [5, 5.41) is 4.27. The third kappa shape index (κ3) is 1.46. The van der Waals surface area contributed by atoms with E-state index in [1.807, 2.05) is 0 Å². The van der Waals surface area contributed by atoms with Gasteiger partial charge in [-0.3, -0.25) is 0 Å². The van der Waals surface area contributed by atoms with Crippen molar-refractivity contribution in [3.8, 4) is 12.3 Å². The Morgan fingerprint density at radius 2 is 2.09 bits per heavy atom. The maximum atomic E-state index is 5.42. The minimum Gasteiger partial charge on any atom is -0.152 e. The number of hydrogen-bond donors (Lipinski definition) is 0. The van der Waals surface area contributed by atoms with E-state index in [0.717, 1.165) is 0 Å². The molecule has 0 aliphatic rings. The van der Waals surface area contributed by atoms with Crippen LogP contribution in [-0.4, -0.2) is 0 Å². The van der Waals surface area contributed by atoms with Crippen LogP contribution in [0.15, 0.2) is 10.8 Å². The molecule has 0 bridgehead atoms. The predicted molar refractivity (Wildman–Crippen MR) is 50.9 cm³/mol. The smallest absolute Gasteiger partial charge is 0.0514 e. The van der Waals surface area contributed by atoms with Gasteiger partial charge in [-0.05, 0) is 42.7 Å². The second-order valence-electron chi connectivity index (χ2n) is 3.24. The number of thiophene rings is 1. The zero-order valence-electron chi connectivity index (χ0n) is 7.14. The lowest BCUT2D eigenvalue weighted by atomic mass is 9.85. The molecule has 1 aromatic heterocycles. The first-order valence-electron chi connectivity index (χ1n) is 3.59. The first kappa shape index (κ1) is 8.36. The van der Waals surface area contributed by atoms with E-state index in [2.05, 4.69) is 37.5 Å². The summed E-state index contributed by atoms with van der Waals surface area (Å²) in [5.41, 5.74) is 2.48. The molecule has 11 heavy (non-hydrogen) atoms. The summed E-state index contributed by atoms with van der Waals surface area (Å²) in [7, 11) is 0. The second-order valence-corrected chi connectivity index (χ2v) is 3.98. The Kier molecular flexibility index (Phi) is 2.06. The molecule has 0 aliphatic carbocycles. The van der Waals surface area contributed by atoms with Crippen LogP contribution in [0.25, 0.3) is 0 Å². The van der Waals surface area contributed by atoms with Crippen LogP contribution in [-0.2, 0) is 5.41 Å². The largest absolute Gasteiger partial charge is 0.152 e. The van der Waals surface area contributed by atoms with Crippen LogP contribution in [0.5, 0.6) is 0 Å². The molecule has 0 fully saturated rings. The van der Waals surface area contributed by atoms with Gasteiger partial charge in [0, 0.05) is 0 Å². The average Bonchev–Trinajstić information content (AvgIpc) is 2.36. The third-order valence-electron chi connectivity index (χ3n) is 1.89. The monoisotopic (exact) mass is 164 g/mol. The zero-order chi connectivity index (χ0) is 8.48. The normalized spacial score (nSPS) is 11.1. The quantitative estimate of drug-likeness (QED) is 0.560. The van der Waals surface area contributed by atoms with Crippen LogP contribution in [0, 0.1) is 19.3 Å². The van der Waals surface area contributed by atoms with Crippen molar-refractivity contribution in [3.05, 3.63) is 21.9 Å². The number of aryl methyl sites for hydroxylation is 1. The molecular formula is C10H12S. The van der Waals surface area contributed by atoms with Gasteiger partial charge in [-0.15, -0.1) is 6.42 Å². The van der Waals surface area contributed by atoms with E-state index in [9.17, 15) is 0 Å². The number of rotatable bonds is 1. The minimum atomic E-state index is -0.107. The highest BCUT2D eigenvalue weighted by Crippen LogP contribution is 2.27. The van der Waals surface area contributed by atoms with Crippen molar-refractivity contribution in [3.63, 3.8) is 0 Å². The molecule has 58 valence electrons. The molecule has 0 radical (unpaired) electrons. The SMILES string of the molecule is C#CC(C)(C)c1cscc1C. The van der Waals surface area contributed by atoms with E-state index in [0.29, 0.717) is 0 Å². The van der Waals surface area contributed by atoms with Crippen LogP contribution >= 0.6 is 11.3 Å². The van der Waals surface area contributed by atoms with Gasteiger partial charge >= 0.3 is 0 Å². The molecule has 0 spiro atoms. The molecule has 1 aromatic rings. The third-order valence-corrected chi connectivity index (χ3v) is 2.75. The Morgan fingerprint density at radius 3 is 2.45 bits per heavy atom. The van der Waals surface area contributed by atoms with Gasteiger partial charge in [-0.25, -0.2) is 0 Å². The van der Waals surface area contributed by atoms with Gasteiger partial charge in [0.15, 0.2) is 0 Å². The van der Waals surface area contributed by atoms with Crippen molar-refractivity contribution < 1.29 is 0 Å². The molecule has 1 heteroatoms. The molecule has 0 amide bonds. The van der Waals surface area contributed by atoms with Gasteiger partial charge < -0.3 is 0 Å². The Hall–Kier alpha value is -0.740. The topological polar surface area (TPSA) is 0 Å². The van der Waals surface area contributed by atoms with Crippen LogP contribution < -0.4 is 0 Å². The Labute approximate surface area is 72.3 Å². The lowest BCUT2D eigenvalue weighted by molar-refractivity contribution is 0.697. The van der Waals surface area contributed by atoms with Crippen LogP contribution in [0.4, 0.5) is 0 Å². The van der Waals surface area contributed by atoms with Crippen molar-refractivity contribution in [2.75, 3.05) is 0 Å². The Morgan fingerprint density at radius 1 is 1.45 bits per heavy atom. The molecule has 0 aromatic carbocycles. The molecule has 0 N–H and O–H groups in total. The molecule has 1 rings (SSSR count). The summed E-state index contributed by atoms with van der Waals surface area (Å²) in [6.07, 6.45) is 5.42. The maximum Gasteiger partial charge on any atom is 0.0514 e. The van der Waals surface area contributed by atoms with E-state index >= 15 is 0 Å². The van der Waals surface area contributed by atoms with Gasteiger partial charge in [0.1, 0.15) is 0 Å². The van der Waals surface area contributed by atoms with E-state index in [1.165, 1.54) is 11.1 Å². The van der Waals surface area contributed by atoms with Gasteiger partial charge in [0.2, 0.25) is 0 Å². The van der Waals surface area contributed by atoms with E-state index in [4.69, 9.17) is 6.42 Å². The fourth-order valence-corrected chi connectivity index (χ4v) is 2.09. The summed E-state index contributed by atoms with van der Waals surface area (Å²) in [4.78, 5) is 0. The lowest BCUT2D eigenvalue weighted by Crippen LogP contribution is -2.13. The number of hydrogen-bond acceptors (Lipinski definition) is 1. The Bertz CT molecular complexity index is 286. The minimum absolute atomic E-state index is 0.107. The summed E-state index contributed by atoms with van der Waals surface area (Å²) in [6, 6.07) is 0. The van der Waals surface area contributed by atoms with Crippen molar-refractivity contribution in [2.45, 2.75) is 26.2 Å². The molecule has 0 unspecified atom stereocenters. The van der Waals surface area contributed by atoms with Crippen molar-refractivity contribution in [1.82, 2.24) is 0 Å². The van der Waals surface area contributed by atoms with E-state index in [1.54, 1.807) is 11.3 Å². The standard InChI is InChI=1S/C10H12S/c1-5-10(3,4)9-7-11-6-8(9)2/h1,6-7H,2-4H3. The number of terminal acetylenes is 1. The summed E-state index contributed by atoms with van der Waals surface area (Å²) in [6.45, 7) is 6.25. The van der Waals surface area contributed by atoms with Crippen LogP contribution in [0.1, 0.15) is 25.0 Å². The summed E-state index contributed by atoms with van der Waals surface area (Å²) in [5.74, 6) is 2.79. The van der Waals surface area contributed by atoms with Crippen LogP contribution in [0.3, 0.4) is 0 Å². The highest BCUT2D eigenvalue weighted by Gasteiger charge is 2.19. The summed E-state index contributed by atoms with van der Waals surface area (Å²) < 4.78 is 0. The van der Waals surface area contributed by atoms with Crippen molar-refractivity contribution >= 4 is 11.3 Å². The van der Waals surface area contributed by atoms with Crippen molar-refractivity contribution in [1.29, 1.82) is 0 Å². The Balaban J connectivity index is 3.13. The fraction of sp³-hybridized carbons (Fsp3) is 0.400. The highest BCUT2D eigenvalue weighted by molar-refractivity contribution is 7.08. The van der Waals surface area contributed by atoms with Crippen LogP contribution in [0.2, 0.25) is 0 Å². The van der Waals surface area contributed by atoms with Gasteiger partial charge in [-0.2, -0.15) is 11.3 Å². The summed E-state index contributed by atoms with van der Waals surface area (Å²) >= 11 is 1.71. The first-order chi connectivity index (χ1) is 5.08. The van der Waals surface area contributed by atoms with Gasteiger partial charge in [-0.1, -0.05) is 5.92 Å². The van der Waals surface area contributed by atoms with Gasteiger partial charge in [0.05, 0.1) is 5.41 Å². The zero-order valence-corrected chi connectivity index (χ0v) is 7.96. The highest BCUT2D eigenvalue weighted by atomic mass is 32.1. The molecule has 0 saturated heterocycles. The molecular weight excluding hydrogens is 152 g/mol.